The highest BCUT2D eigenvalue weighted by molar-refractivity contribution is 5.61. The first kappa shape index (κ1) is 17.3. The Balaban J connectivity index is 4.75. The van der Waals surface area contributed by atoms with E-state index in [0.29, 0.717) is 0 Å². The van der Waals surface area contributed by atoms with Crippen LogP contribution in [0.5, 0.6) is 0 Å². The van der Waals surface area contributed by atoms with Crippen molar-refractivity contribution in [3.8, 4) is 0 Å². The highest BCUT2D eigenvalue weighted by Gasteiger charge is 2.41. The van der Waals surface area contributed by atoms with Crippen molar-refractivity contribution in [1.82, 2.24) is 0 Å². The molecular formula is C15H30O3. The smallest absolute Gasteiger partial charge is 0.428 e. The summed E-state index contributed by atoms with van der Waals surface area (Å²) >= 11 is 0. The lowest BCUT2D eigenvalue weighted by molar-refractivity contribution is -0.120. The average Bonchev–Trinajstić information content (AvgIpc) is 1.95. The molecule has 0 rings (SSSR count). The standard InChI is InChI=1S/C15H30O3/c1-12(2,3)14(7,8)17-11(16)18-15(9,10)13(4,5)6/h1-10H3. The SMILES string of the molecule is CC(C)(C)C(C)(C)OC(=O)OC(C)(C)C(C)(C)C. The Morgan fingerprint density at radius 3 is 1.00 bits per heavy atom. The fourth-order valence-corrected chi connectivity index (χ4v) is 0.744. The van der Waals surface area contributed by atoms with Crippen molar-refractivity contribution in [3.05, 3.63) is 0 Å². The Kier molecular flexibility index (Phi) is 4.55. The first-order chi connectivity index (χ1) is 7.60. The molecule has 0 aliphatic carbocycles. The molecule has 0 aliphatic heterocycles. The number of hydrogen-bond donors (Lipinski definition) is 0. The topological polar surface area (TPSA) is 35.5 Å². The van der Waals surface area contributed by atoms with E-state index in [0.717, 1.165) is 0 Å². The lowest BCUT2D eigenvalue weighted by atomic mass is 9.79. The van der Waals surface area contributed by atoms with Crippen LogP contribution in [0.4, 0.5) is 4.79 Å². The predicted octanol–water partition coefficient (Wildman–Crippen LogP) is 4.79. The predicted molar refractivity (Wildman–Crippen MR) is 74.6 cm³/mol. The van der Waals surface area contributed by atoms with E-state index in [4.69, 9.17) is 9.47 Å². The summed E-state index contributed by atoms with van der Waals surface area (Å²) in [4.78, 5) is 11.9. The van der Waals surface area contributed by atoms with Crippen LogP contribution in [0.25, 0.3) is 0 Å². The second-order valence-electron chi connectivity index (χ2n) is 7.97. The second kappa shape index (κ2) is 4.75. The van der Waals surface area contributed by atoms with Gasteiger partial charge in [0.2, 0.25) is 0 Å². The van der Waals surface area contributed by atoms with E-state index in [9.17, 15) is 4.79 Å². The van der Waals surface area contributed by atoms with Crippen molar-refractivity contribution < 1.29 is 14.3 Å². The highest BCUT2D eigenvalue weighted by Crippen LogP contribution is 2.36. The Morgan fingerprint density at radius 1 is 0.611 bits per heavy atom. The van der Waals surface area contributed by atoms with Gasteiger partial charge in [-0.05, 0) is 27.7 Å². The van der Waals surface area contributed by atoms with E-state index in [1.807, 2.05) is 69.2 Å². The molecule has 0 heterocycles. The van der Waals surface area contributed by atoms with Gasteiger partial charge in [0.25, 0.3) is 0 Å². The van der Waals surface area contributed by atoms with E-state index < -0.39 is 17.4 Å². The van der Waals surface area contributed by atoms with Gasteiger partial charge in [0.1, 0.15) is 11.2 Å². The maximum Gasteiger partial charge on any atom is 0.509 e. The lowest BCUT2D eigenvalue weighted by Crippen LogP contribution is -2.46. The van der Waals surface area contributed by atoms with Crippen molar-refractivity contribution in [2.75, 3.05) is 0 Å². The molecule has 0 saturated heterocycles. The number of carbonyl (C=O) groups excluding carboxylic acids is 1. The van der Waals surface area contributed by atoms with Gasteiger partial charge >= 0.3 is 6.16 Å². The van der Waals surface area contributed by atoms with Crippen molar-refractivity contribution in [2.45, 2.75) is 80.4 Å². The first-order valence-corrected chi connectivity index (χ1v) is 6.52. The summed E-state index contributed by atoms with van der Waals surface area (Å²) in [5.41, 5.74) is -1.42. The van der Waals surface area contributed by atoms with E-state index in [-0.39, 0.29) is 10.8 Å². The van der Waals surface area contributed by atoms with Crippen LogP contribution in [0.3, 0.4) is 0 Å². The molecular weight excluding hydrogens is 228 g/mol. The van der Waals surface area contributed by atoms with Crippen molar-refractivity contribution in [2.24, 2.45) is 10.8 Å². The third-order valence-corrected chi connectivity index (χ3v) is 4.29. The molecule has 0 saturated carbocycles. The second-order valence-corrected chi connectivity index (χ2v) is 7.97. The summed E-state index contributed by atoms with van der Waals surface area (Å²) in [6, 6.07) is 0. The molecule has 0 N–H and O–H groups in total. The maximum absolute atomic E-state index is 11.9. The zero-order valence-electron chi connectivity index (χ0n) is 13.7. The molecule has 0 spiro atoms. The minimum absolute atomic E-state index is 0.141. The number of ether oxygens (including phenoxy) is 2. The third-order valence-electron chi connectivity index (χ3n) is 4.29. The Hall–Kier alpha value is -0.730. The number of carbonyl (C=O) groups is 1. The van der Waals surface area contributed by atoms with E-state index in [1.54, 1.807) is 0 Å². The van der Waals surface area contributed by atoms with Gasteiger partial charge in [0, 0.05) is 10.8 Å². The molecule has 0 aromatic heterocycles. The number of rotatable bonds is 2. The largest absolute Gasteiger partial charge is 0.509 e. The van der Waals surface area contributed by atoms with Crippen LogP contribution in [0.15, 0.2) is 0 Å². The summed E-state index contributed by atoms with van der Waals surface area (Å²) in [7, 11) is 0. The lowest BCUT2D eigenvalue weighted by Gasteiger charge is -2.41. The van der Waals surface area contributed by atoms with Gasteiger partial charge in [-0.15, -0.1) is 0 Å². The molecule has 0 unspecified atom stereocenters. The first-order valence-electron chi connectivity index (χ1n) is 6.52. The zero-order chi connectivity index (χ0) is 15.0. The molecule has 0 aliphatic rings. The molecule has 0 aromatic rings. The Labute approximate surface area is 112 Å². The zero-order valence-corrected chi connectivity index (χ0v) is 13.7. The monoisotopic (exact) mass is 258 g/mol. The van der Waals surface area contributed by atoms with Crippen molar-refractivity contribution in [3.63, 3.8) is 0 Å². The van der Waals surface area contributed by atoms with Crippen LogP contribution in [0.2, 0.25) is 0 Å². The van der Waals surface area contributed by atoms with Gasteiger partial charge in [-0.1, -0.05) is 41.5 Å². The molecule has 3 nitrogen and oxygen atoms in total. The molecule has 108 valence electrons. The number of hydrogen-bond acceptors (Lipinski definition) is 3. The normalized spacial score (nSPS) is 14.3. The quantitative estimate of drug-likeness (QED) is 0.668. The van der Waals surface area contributed by atoms with Crippen molar-refractivity contribution >= 4 is 6.16 Å². The van der Waals surface area contributed by atoms with E-state index >= 15 is 0 Å². The summed E-state index contributed by atoms with van der Waals surface area (Å²) in [5, 5.41) is 0. The van der Waals surface area contributed by atoms with Gasteiger partial charge in [-0.2, -0.15) is 0 Å². The molecule has 0 amide bonds. The molecule has 0 atom stereocenters. The molecule has 18 heavy (non-hydrogen) atoms. The maximum atomic E-state index is 11.9. The van der Waals surface area contributed by atoms with Gasteiger partial charge in [-0.25, -0.2) is 4.79 Å². The van der Waals surface area contributed by atoms with Crippen LogP contribution >= 0.6 is 0 Å². The molecule has 0 bridgehead atoms. The average molecular weight is 258 g/mol. The van der Waals surface area contributed by atoms with Gasteiger partial charge in [-0.3, -0.25) is 0 Å². The minimum Gasteiger partial charge on any atom is -0.428 e. The van der Waals surface area contributed by atoms with Crippen LogP contribution < -0.4 is 0 Å². The minimum atomic E-state index is -0.602. The van der Waals surface area contributed by atoms with E-state index in [1.165, 1.54) is 0 Å². The van der Waals surface area contributed by atoms with Gasteiger partial charge in [0.05, 0.1) is 0 Å². The highest BCUT2D eigenvalue weighted by atomic mass is 16.7. The Morgan fingerprint density at radius 2 is 0.833 bits per heavy atom. The van der Waals surface area contributed by atoms with E-state index in [2.05, 4.69) is 0 Å². The summed E-state index contributed by atoms with van der Waals surface area (Å²) in [6.07, 6.45) is -0.602. The summed E-state index contributed by atoms with van der Waals surface area (Å²) in [5.74, 6) is 0. The van der Waals surface area contributed by atoms with Crippen LogP contribution in [0, 0.1) is 10.8 Å². The third kappa shape index (κ3) is 4.18. The van der Waals surface area contributed by atoms with Crippen LogP contribution in [-0.4, -0.2) is 17.4 Å². The molecule has 3 heteroatoms. The van der Waals surface area contributed by atoms with Gasteiger partial charge < -0.3 is 9.47 Å². The van der Waals surface area contributed by atoms with Crippen LogP contribution in [-0.2, 0) is 9.47 Å². The molecule has 0 aromatic carbocycles. The fourth-order valence-electron chi connectivity index (χ4n) is 0.744. The summed E-state index contributed by atoms with van der Waals surface area (Å²) in [6.45, 7) is 19.8. The van der Waals surface area contributed by atoms with Crippen molar-refractivity contribution in [1.29, 1.82) is 0 Å². The molecule has 0 fully saturated rings. The fraction of sp³-hybridized carbons (Fsp3) is 0.933. The molecule has 0 radical (unpaired) electrons. The van der Waals surface area contributed by atoms with Crippen LogP contribution in [0.1, 0.15) is 69.2 Å². The Bertz CT molecular complexity index is 271. The summed E-state index contributed by atoms with van der Waals surface area (Å²) < 4.78 is 10.9. The van der Waals surface area contributed by atoms with Gasteiger partial charge in [0.15, 0.2) is 0 Å².